The average molecular weight is 295 g/mol. The summed E-state index contributed by atoms with van der Waals surface area (Å²) >= 11 is 11.6. The second kappa shape index (κ2) is 4.28. The predicted molar refractivity (Wildman–Crippen MR) is 80.4 cm³/mol. The molecule has 0 saturated heterocycles. The number of rotatable bonds is 1. The van der Waals surface area contributed by atoms with Crippen LogP contribution in [0.4, 0.5) is 0 Å². The van der Waals surface area contributed by atoms with E-state index in [0.717, 1.165) is 21.5 Å². The highest BCUT2D eigenvalue weighted by Gasteiger charge is 2.20. The summed E-state index contributed by atoms with van der Waals surface area (Å²) in [5.74, 6) is -3.30. The Labute approximate surface area is 114 Å². The van der Waals surface area contributed by atoms with Gasteiger partial charge in [0.05, 0.1) is 0 Å². The van der Waals surface area contributed by atoms with E-state index < -0.39 is 5.85 Å². The Morgan fingerprint density at radius 3 is 2.06 bits per heavy atom. The van der Waals surface area contributed by atoms with E-state index in [4.69, 9.17) is 22.5 Å². The maximum atomic E-state index is 11.9. The lowest BCUT2D eigenvalue weighted by Crippen LogP contribution is -1.99. The lowest BCUT2D eigenvalue weighted by Gasteiger charge is -2.08. The summed E-state index contributed by atoms with van der Waals surface area (Å²) in [5.41, 5.74) is 0. The Hall–Kier alpha value is -1.01. The summed E-state index contributed by atoms with van der Waals surface area (Å²) in [6, 6.07) is 17.6. The van der Waals surface area contributed by atoms with Crippen molar-refractivity contribution in [1.29, 1.82) is 0 Å². The van der Waals surface area contributed by atoms with Crippen molar-refractivity contribution in [2.24, 2.45) is 0 Å². The summed E-state index contributed by atoms with van der Waals surface area (Å²) in [6.07, 6.45) is 0. The van der Waals surface area contributed by atoms with Crippen LogP contribution in [-0.2, 0) is 4.57 Å². The molecule has 0 aliphatic heterocycles. The Balaban J connectivity index is 2.47. The van der Waals surface area contributed by atoms with Crippen molar-refractivity contribution < 1.29 is 4.57 Å². The van der Waals surface area contributed by atoms with Crippen LogP contribution >= 0.6 is 28.3 Å². The van der Waals surface area contributed by atoms with E-state index in [-0.39, 0.29) is 0 Å². The lowest BCUT2D eigenvalue weighted by molar-refractivity contribution is 0.597. The summed E-state index contributed by atoms with van der Waals surface area (Å²) in [4.78, 5) is 0. The molecule has 0 spiro atoms. The second-order valence-corrected chi connectivity index (χ2v) is 8.94. The van der Waals surface area contributed by atoms with Gasteiger partial charge in [-0.1, -0.05) is 36.4 Å². The maximum Gasteiger partial charge on any atom is 0.282 e. The van der Waals surface area contributed by atoms with Crippen LogP contribution in [0.2, 0.25) is 0 Å². The summed E-state index contributed by atoms with van der Waals surface area (Å²) in [7, 11) is 0. The molecule has 0 radical (unpaired) electrons. The zero-order valence-corrected chi connectivity index (χ0v) is 11.7. The molecule has 3 aromatic rings. The Bertz CT molecular complexity index is 792. The van der Waals surface area contributed by atoms with Crippen LogP contribution < -0.4 is 5.30 Å². The zero-order valence-electron chi connectivity index (χ0n) is 9.31. The lowest BCUT2D eigenvalue weighted by atomic mass is 10.0. The van der Waals surface area contributed by atoms with Gasteiger partial charge in [0.15, 0.2) is 0 Å². The molecule has 0 unspecified atom stereocenters. The molecular formula is C14H9Cl2OP. The first-order chi connectivity index (χ1) is 8.55. The van der Waals surface area contributed by atoms with Gasteiger partial charge in [0, 0.05) is 5.30 Å². The molecule has 18 heavy (non-hydrogen) atoms. The highest BCUT2D eigenvalue weighted by atomic mass is 35.9. The van der Waals surface area contributed by atoms with Crippen molar-refractivity contribution in [1.82, 2.24) is 0 Å². The number of hydrogen-bond donors (Lipinski definition) is 0. The molecule has 3 aromatic carbocycles. The van der Waals surface area contributed by atoms with Gasteiger partial charge in [-0.05, 0) is 62.2 Å². The molecule has 0 atom stereocenters. The van der Waals surface area contributed by atoms with E-state index in [1.807, 2.05) is 42.5 Å². The molecule has 0 N–H and O–H groups in total. The number of fused-ring (bicyclic) bond motifs is 2. The van der Waals surface area contributed by atoms with Crippen LogP contribution in [0.5, 0.6) is 0 Å². The fourth-order valence-corrected chi connectivity index (χ4v) is 3.80. The summed E-state index contributed by atoms with van der Waals surface area (Å²) in [5, 5.41) is 4.58. The van der Waals surface area contributed by atoms with Crippen LogP contribution in [0.1, 0.15) is 0 Å². The average Bonchev–Trinajstić information content (AvgIpc) is 2.34. The van der Waals surface area contributed by atoms with Crippen molar-refractivity contribution in [3.8, 4) is 0 Å². The Kier molecular flexibility index (Phi) is 2.86. The van der Waals surface area contributed by atoms with Gasteiger partial charge in [0.2, 0.25) is 0 Å². The van der Waals surface area contributed by atoms with Gasteiger partial charge in [-0.3, -0.25) is 4.57 Å². The van der Waals surface area contributed by atoms with Gasteiger partial charge in [0.1, 0.15) is 0 Å². The third-order valence-electron chi connectivity index (χ3n) is 3.00. The van der Waals surface area contributed by atoms with Crippen molar-refractivity contribution in [3.05, 3.63) is 54.6 Å². The molecule has 0 aliphatic carbocycles. The first-order valence-electron chi connectivity index (χ1n) is 5.47. The van der Waals surface area contributed by atoms with E-state index in [0.29, 0.717) is 5.30 Å². The molecule has 1 nitrogen and oxygen atoms in total. The molecule has 0 heterocycles. The zero-order chi connectivity index (χ0) is 12.8. The fourth-order valence-electron chi connectivity index (χ4n) is 2.18. The standard InChI is InChI=1S/C14H9Cl2OP/c15-18(16,17)14-7-3-6-12-8-10-4-1-2-5-11(10)9-13(12)14/h1-9H. The SMILES string of the molecule is O=P(Cl)(Cl)c1cccc2cc3ccccc3cc12. The van der Waals surface area contributed by atoms with Crippen molar-refractivity contribution in [2.45, 2.75) is 0 Å². The molecule has 0 fully saturated rings. The normalized spacial score (nSPS) is 12.1. The van der Waals surface area contributed by atoms with Gasteiger partial charge < -0.3 is 0 Å². The minimum atomic E-state index is -3.30. The third kappa shape index (κ3) is 2.03. The van der Waals surface area contributed by atoms with Gasteiger partial charge in [-0.15, -0.1) is 0 Å². The van der Waals surface area contributed by atoms with Crippen molar-refractivity contribution in [3.63, 3.8) is 0 Å². The second-order valence-electron chi connectivity index (χ2n) is 4.16. The van der Waals surface area contributed by atoms with E-state index in [1.54, 1.807) is 6.07 Å². The maximum absolute atomic E-state index is 11.9. The Morgan fingerprint density at radius 2 is 1.39 bits per heavy atom. The van der Waals surface area contributed by atoms with E-state index in [9.17, 15) is 4.57 Å². The smallest absolute Gasteiger partial charge is 0.282 e. The topological polar surface area (TPSA) is 17.1 Å². The summed E-state index contributed by atoms with van der Waals surface area (Å²) in [6.45, 7) is 0. The van der Waals surface area contributed by atoms with Gasteiger partial charge in [0.25, 0.3) is 5.85 Å². The van der Waals surface area contributed by atoms with Crippen LogP contribution in [0.3, 0.4) is 0 Å². The Morgan fingerprint density at radius 1 is 0.778 bits per heavy atom. The highest BCUT2D eigenvalue weighted by Crippen LogP contribution is 2.56. The third-order valence-corrected chi connectivity index (χ3v) is 5.05. The highest BCUT2D eigenvalue weighted by molar-refractivity contribution is 8.13. The summed E-state index contributed by atoms with van der Waals surface area (Å²) < 4.78 is 11.9. The minimum absolute atomic E-state index is 0.508. The number of halogens is 2. The van der Waals surface area contributed by atoms with Crippen molar-refractivity contribution in [2.75, 3.05) is 0 Å². The first-order valence-corrected chi connectivity index (χ1v) is 8.99. The monoisotopic (exact) mass is 294 g/mol. The molecule has 0 saturated carbocycles. The molecule has 0 amide bonds. The molecule has 3 rings (SSSR count). The largest absolute Gasteiger partial charge is 0.284 e. The molecule has 0 aliphatic rings. The fraction of sp³-hybridized carbons (Fsp3) is 0. The molecule has 90 valence electrons. The quantitative estimate of drug-likeness (QED) is 0.440. The van der Waals surface area contributed by atoms with Gasteiger partial charge >= 0.3 is 0 Å². The molecular weight excluding hydrogens is 286 g/mol. The van der Waals surface area contributed by atoms with E-state index in [1.165, 1.54) is 0 Å². The number of benzene rings is 3. The minimum Gasteiger partial charge on any atom is -0.284 e. The number of hydrogen-bond acceptors (Lipinski definition) is 1. The first kappa shape index (κ1) is 12.0. The molecule has 0 bridgehead atoms. The molecule has 0 aromatic heterocycles. The van der Waals surface area contributed by atoms with Gasteiger partial charge in [-0.2, -0.15) is 0 Å². The van der Waals surface area contributed by atoms with Crippen LogP contribution in [-0.4, -0.2) is 0 Å². The molecule has 4 heteroatoms. The van der Waals surface area contributed by atoms with Gasteiger partial charge in [-0.25, -0.2) is 0 Å². The van der Waals surface area contributed by atoms with Crippen LogP contribution in [0.15, 0.2) is 54.6 Å². The van der Waals surface area contributed by atoms with E-state index >= 15 is 0 Å². The van der Waals surface area contributed by atoms with Crippen LogP contribution in [0.25, 0.3) is 21.5 Å². The van der Waals surface area contributed by atoms with Crippen molar-refractivity contribution >= 4 is 55.2 Å². The predicted octanol–water partition coefficient (Wildman–Crippen LogP) is 5.29. The van der Waals surface area contributed by atoms with Crippen LogP contribution in [0, 0.1) is 0 Å². The van der Waals surface area contributed by atoms with E-state index in [2.05, 4.69) is 6.07 Å².